The van der Waals surface area contributed by atoms with Crippen molar-refractivity contribution in [3.63, 3.8) is 0 Å². The van der Waals surface area contributed by atoms with Crippen molar-refractivity contribution in [1.29, 1.82) is 0 Å². The smallest absolute Gasteiger partial charge is 0.302 e. The summed E-state index contributed by atoms with van der Waals surface area (Å²) in [7, 11) is 0. The maximum absolute atomic E-state index is 11.7. The second-order valence-electron chi connectivity index (χ2n) is 12.3. The van der Waals surface area contributed by atoms with Crippen molar-refractivity contribution in [3.05, 3.63) is 0 Å². The van der Waals surface area contributed by atoms with Gasteiger partial charge in [0.1, 0.15) is 12.2 Å². The summed E-state index contributed by atoms with van der Waals surface area (Å²) in [5, 5.41) is 23.1. The number of aliphatic hydroxyl groups excluding tert-OH is 1. The molecule has 0 aromatic carbocycles. The molecule has 6 nitrogen and oxygen atoms in total. The van der Waals surface area contributed by atoms with Gasteiger partial charge in [0.25, 0.3) is 0 Å². The van der Waals surface area contributed by atoms with Crippen LogP contribution in [0.5, 0.6) is 0 Å². The third-order valence-electron chi connectivity index (χ3n) is 10.7. The molecule has 0 aromatic rings. The quantitative estimate of drug-likeness (QED) is 0.645. The maximum atomic E-state index is 11.7. The lowest BCUT2D eigenvalue weighted by Gasteiger charge is -2.69. The Morgan fingerprint density at radius 2 is 1.84 bits per heavy atom. The summed E-state index contributed by atoms with van der Waals surface area (Å²) in [6, 6.07) is 0. The van der Waals surface area contributed by atoms with Crippen LogP contribution >= 0.6 is 0 Å². The number of fused-ring (bicyclic) bond motifs is 4. The standard InChI is InChI=1S/C25H40O6/c1-15(26)29-14-25(28)9-8-24-12-17(25)10-16(24)6-7-18-22(4)13-30-21(2,3)31-20(22)11-19(27)23(18,24)5/h16-20,27-28H,6-14H2,1-5H3/t16-,17+,18-,19+,20+,22-,23+,24-,25-/m0/s1. The van der Waals surface area contributed by atoms with Gasteiger partial charge < -0.3 is 24.4 Å². The Labute approximate surface area is 186 Å². The van der Waals surface area contributed by atoms with Crippen LogP contribution in [0.1, 0.15) is 79.6 Å². The van der Waals surface area contributed by atoms with Crippen molar-refractivity contribution in [2.75, 3.05) is 13.2 Å². The molecule has 0 unspecified atom stereocenters. The molecule has 0 aromatic heterocycles. The molecule has 4 aliphatic carbocycles. The van der Waals surface area contributed by atoms with E-state index in [9.17, 15) is 15.0 Å². The Bertz CT molecular complexity index is 767. The van der Waals surface area contributed by atoms with Crippen LogP contribution < -0.4 is 0 Å². The minimum atomic E-state index is -0.937. The monoisotopic (exact) mass is 436 g/mol. The van der Waals surface area contributed by atoms with E-state index < -0.39 is 17.5 Å². The van der Waals surface area contributed by atoms with E-state index in [4.69, 9.17) is 14.2 Å². The topological polar surface area (TPSA) is 85.2 Å². The van der Waals surface area contributed by atoms with Crippen LogP contribution in [0.15, 0.2) is 0 Å². The van der Waals surface area contributed by atoms with E-state index in [0.717, 1.165) is 32.1 Å². The summed E-state index contributed by atoms with van der Waals surface area (Å²) in [5.41, 5.74) is -1.27. The van der Waals surface area contributed by atoms with Crippen molar-refractivity contribution in [2.45, 2.75) is 103 Å². The zero-order valence-electron chi connectivity index (χ0n) is 19.8. The van der Waals surface area contributed by atoms with E-state index >= 15 is 0 Å². The Hall–Kier alpha value is -0.690. The molecule has 2 N–H and O–H groups in total. The second-order valence-corrected chi connectivity index (χ2v) is 12.3. The lowest BCUT2D eigenvalue weighted by molar-refractivity contribution is -0.365. The van der Waals surface area contributed by atoms with Gasteiger partial charge in [-0.15, -0.1) is 0 Å². The van der Waals surface area contributed by atoms with Crippen LogP contribution in [0, 0.1) is 34.0 Å². The molecule has 1 aliphatic heterocycles. The first-order valence-corrected chi connectivity index (χ1v) is 12.2. The lowest BCUT2D eigenvalue weighted by Crippen LogP contribution is -2.70. The summed E-state index contributed by atoms with van der Waals surface area (Å²) in [5.74, 6) is -0.0000917. The third kappa shape index (κ3) is 2.87. The zero-order valence-corrected chi connectivity index (χ0v) is 19.8. The van der Waals surface area contributed by atoms with Crippen LogP contribution in [0.3, 0.4) is 0 Å². The molecule has 31 heavy (non-hydrogen) atoms. The van der Waals surface area contributed by atoms with E-state index in [0.29, 0.717) is 31.3 Å². The van der Waals surface area contributed by atoms with Gasteiger partial charge in [-0.3, -0.25) is 4.79 Å². The second kappa shape index (κ2) is 6.68. The molecular formula is C25H40O6. The number of carbonyl (C=O) groups is 1. The summed E-state index contributed by atoms with van der Waals surface area (Å²) in [6.45, 7) is 10.7. The first-order chi connectivity index (χ1) is 14.4. The molecule has 5 aliphatic rings. The van der Waals surface area contributed by atoms with Gasteiger partial charge in [-0.25, -0.2) is 0 Å². The summed E-state index contributed by atoms with van der Waals surface area (Å²) in [4.78, 5) is 11.4. The number of hydrogen-bond acceptors (Lipinski definition) is 6. The summed E-state index contributed by atoms with van der Waals surface area (Å²) >= 11 is 0. The molecule has 0 amide bonds. The largest absolute Gasteiger partial charge is 0.463 e. The number of esters is 1. The average molecular weight is 437 g/mol. The minimum Gasteiger partial charge on any atom is -0.463 e. The van der Waals surface area contributed by atoms with E-state index in [1.54, 1.807) is 0 Å². The number of carbonyl (C=O) groups excluding carboxylic acids is 1. The van der Waals surface area contributed by atoms with Crippen molar-refractivity contribution < 1.29 is 29.2 Å². The summed E-state index contributed by atoms with van der Waals surface area (Å²) in [6.07, 6.45) is 5.80. The molecule has 1 heterocycles. The zero-order chi connectivity index (χ0) is 22.4. The van der Waals surface area contributed by atoms with Crippen molar-refractivity contribution in [3.8, 4) is 0 Å². The van der Waals surface area contributed by atoms with Gasteiger partial charge in [-0.05, 0) is 75.5 Å². The highest BCUT2D eigenvalue weighted by Crippen LogP contribution is 2.75. The van der Waals surface area contributed by atoms with Crippen molar-refractivity contribution in [1.82, 2.24) is 0 Å². The SMILES string of the molecule is CC(=O)OC[C@@]1(O)CC[C@]23C[C@H]1C[C@@H]2CC[C@H]1[C@]2(C)COC(C)(C)O[C@@H]2C[C@@H](O)[C@@]13C. The molecule has 6 heteroatoms. The van der Waals surface area contributed by atoms with Crippen LogP contribution in [-0.4, -0.2) is 53.0 Å². The van der Waals surface area contributed by atoms with Gasteiger partial charge in [-0.2, -0.15) is 0 Å². The third-order valence-corrected chi connectivity index (χ3v) is 10.7. The number of aliphatic hydroxyl groups is 2. The fourth-order valence-corrected chi connectivity index (χ4v) is 8.97. The first-order valence-electron chi connectivity index (χ1n) is 12.2. The molecular weight excluding hydrogens is 396 g/mol. The van der Waals surface area contributed by atoms with Crippen molar-refractivity contribution >= 4 is 5.97 Å². The van der Waals surface area contributed by atoms with Crippen LogP contribution in [0.2, 0.25) is 0 Å². The van der Waals surface area contributed by atoms with Crippen LogP contribution in [0.4, 0.5) is 0 Å². The van der Waals surface area contributed by atoms with Gasteiger partial charge in [0.05, 0.1) is 18.8 Å². The van der Waals surface area contributed by atoms with Gasteiger partial charge in [0, 0.05) is 24.2 Å². The van der Waals surface area contributed by atoms with Crippen molar-refractivity contribution in [2.24, 2.45) is 34.0 Å². The normalized spacial score (nSPS) is 55.0. The molecule has 176 valence electrons. The molecule has 0 radical (unpaired) electrons. The van der Waals surface area contributed by atoms with Gasteiger partial charge in [0.15, 0.2) is 5.79 Å². The number of ether oxygens (including phenoxy) is 3. The van der Waals surface area contributed by atoms with E-state index in [1.165, 1.54) is 6.92 Å². The maximum Gasteiger partial charge on any atom is 0.302 e. The van der Waals surface area contributed by atoms with Crippen LogP contribution in [-0.2, 0) is 19.0 Å². The Kier molecular flexibility index (Phi) is 4.76. The molecule has 5 fully saturated rings. The lowest BCUT2D eigenvalue weighted by atomic mass is 9.38. The van der Waals surface area contributed by atoms with E-state index in [1.807, 2.05) is 13.8 Å². The van der Waals surface area contributed by atoms with Gasteiger partial charge in [-0.1, -0.05) is 13.8 Å². The molecule has 9 atom stereocenters. The number of rotatable bonds is 2. The first kappa shape index (κ1) is 22.1. The molecule has 1 spiro atoms. The fraction of sp³-hybridized carbons (Fsp3) is 0.960. The Balaban J connectivity index is 1.48. The highest BCUT2D eigenvalue weighted by Gasteiger charge is 2.73. The average Bonchev–Trinajstić information content (AvgIpc) is 3.03. The highest BCUT2D eigenvalue weighted by atomic mass is 16.7. The van der Waals surface area contributed by atoms with Crippen LogP contribution in [0.25, 0.3) is 0 Å². The van der Waals surface area contributed by atoms with Gasteiger partial charge in [0.2, 0.25) is 0 Å². The molecule has 2 bridgehead atoms. The summed E-state index contributed by atoms with van der Waals surface area (Å²) < 4.78 is 17.8. The fourth-order valence-electron chi connectivity index (χ4n) is 8.97. The Morgan fingerprint density at radius 1 is 1.10 bits per heavy atom. The number of hydrogen-bond donors (Lipinski definition) is 2. The molecule has 4 saturated carbocycles. The Morgan fingerprint density at radius 3 is 2.55 bits per heavy atom. The predicted molar refractivity (Wildman–Crippen MR) is 114 cm³/mol. The predicted octanol–water partition coefficient (Wildman–Crippen LogP) is 3.43. The van der Waals surface area contributed by atoms with E-state index in [2.05, 4.69) is 13.8 Å². The minimum absolute atomic E-state index is 0.000959. The highest BCUT2D eigenvalue weighted by molar-refractivity contribution is 5.66. The molecule has 1 saturated heterocycles. The van der Waals surface area contributed by atoms with Gasteiger partial charge >= 0.3 is 5.97 Å². The molecule has 5 rings (SSSR count). The van der Waals surface area contributed by atoms with E-state index in [-0.39, 0.29) is 40.8 Å².